The van der Waals surface area contributed by atoms with E-state index in [1.165, 1.54) is 0 Å². The van der Waals surface area contributed by atoms with Gasteiger partial charge in [0.2, 0.25) is 5.60 Å². The van der Waals surface area contributed by atoms with E-state index in [0.717, 1.165) is 18.6 Å². The molecule has 1 fully saturated rings. The van der Waals surface area contributed by atoms with E-state index in [1.54, 1.807) is 12.1 Å². The van der Waals surface area contributed by atoms with Gasteiger partial charge in [0.25, 0.3) is 0 Å². The summed E-state index contributed by atoms with van der Waals surface area (Å²) < 4.78 is 5.53. The van der Waals surface area contributed by atoms with Crippen LogP contribution in [0.2, 0.25) is 0 Å². The molecule has 1 heterocycles. The Hall–Kier alpha value is -1.84. The van der Waals surface area contributed by atoms with Crippen molar-refractivity contribution in [2.24, 2.45) is 16.5 Å². The monoisotopic (exact) mass is 287 g/mol. The van der Waals surface area contributed by atoms with Gasteiger partial charge in [-0.1, -0.05) is 44.1 Å². The molecule has 1 aliphatic carbocycles. The Kier molecular flexibility index (Phi) is 3.27. The minimum atomic E-state index is -0.918. The third-order valence-corrected chi connectivity index (χ3v) is 4.31. The van der Waals surface area contributed by atoms with E-state index in [1.807, 2.05) is 18.2 Å². The Morgan fingerprint density at radius 3 is 2.71 bits per heavy atom. The van der Waals surface area contributed by atoms with Crippen LogP contribution in [0.15, 0.2) is 35.5 Å². The molecule has 3 rings (SSSR count). The van der Waals surface area contributed by atoms with Crippen LogP contribution in [0.4, 0.5) is 0 Å². The highest BCUT2D eigenvalue weighted by Crippen LogP contribution is 2.48. The first kappa shape index (κ1) is 14.1. The van der Waals surface area contributed by atoms with Gasteiger partial charge in [-0.3, -0.25) is 0 Å². The second-order valence-electron chi connectivity index (χ2n) is 6.85. The van der Waals surface area contributed by atoms with Crippen LogP contribution in [0.5, 0.6) is 5.75 Å². The molecule has 0 amide bonds. The highest BCUT2D eigenvalue weighted by atomic mass is 16.7. The van der Waals surface area contributed by atoms with Crippen LogP contribution in [-0.2, 0) is 9.63 Å². The molecule has 1 aliphatic heterocycles. The number of rotatable bonds is 2. The van der Waals surface area contributed by atoms with Gasteiger partial charge in [0.1, 0.15) is 5.75 Å². The van der Waals surface area contributed by atoms with E-state index in [4.69, 9.17) is 9.57 Å². The van der Waals surface area contributed by atoms with Crippen molar-refractivity contribution in [1.82, 2.24) is 0 Å². The first-order valence-electron chi connectivity index (χ1n) is 7.47. The number of fused-ring (bicyclic) bond motifs is 1. The quantitative estimate of drug-likeness (QED) is 0.617. The highest BCUT2D eigenvalue weighted by molar-refractivity contribution is 5.99. The zero-order valence-corrected chi connectivity index (χ0v) is 12.8. The fourth-order valence-corrected chi connectivity index (χ4v) is 3.26. The molecular weight excluding hydrogens is 266 g/mol. The topological polar surface area (TPSA) is 47.9 Å². The van der Waals surface area contributed by atoms with Crippen LogP contribution in [0, 0.1) is 11.3 Å². The summed E-state index contributed by atoms with van der Waals surface area (Å²) >= 11 is 0. The number of carbonyl (C=O) groups is 1. The van der Waals surface area contributed by atoms with Gasteiger partial charge < -0.3 is 9.57 Å². The summed E-state index contributed by atoms with van der Waals surface area (Å²) in [5.74, 6) is 0.267. The number of carbonyl (C=O) groups excluding carboxylic acids is 1. The van der Waals surface area contributed by atoms with Crippen molar-refractivity contribution in [3.8, 4) is 5.75 Å². The van der Waals surface area contributed by atoms with Gasteiger partial charge in [-0.2, -0.15) is 0 Å². The van der Waals surface area contributed by atoms with Gasteiger partial charge >= 0.3 is 5.97 Å². The second-order valence-corrected chi connectivity index (χ2v) is 6.85. The molecule has 2 aliphatic rings. The lowest BCUT2D eigenvalue weighted by molar-refractivity contribution is -0.161. The molecule has 0 N–H and O–H groups in total. The summed E-state index contributed by atoms with van der Waals surface area (Å²) in [6, 6.07) is 9.14. The summed E-state index contributed by atoms with van der Waals surface area (Å²) in [6.07, 6.45) is 2.57. The third-order valence-electron chi connectivity index (χ3n) is 4.31. The van der Waals surface area contributed by atoms with Crippen LogP contribution >= 0.6 is 0 Å². The van der Waals surface area contributed by atoms with Gasteiger partial charge in [0.05, 0.1) is 11.6 Å². The van der Waals surface area contributed by atoms with E-state index in [2.05, 4.69) is 25.9 Å². The van der Waals surface area contributed by atoms with Gasteiger partial charge in [-0.15, -0.1) is 0 Å². The minimum Gasteiger partial charge on any atom is -0.423 e. The standard InChI is InChI=1S/C17H21NO3/c1-16(2,3)14-13-10-7-11-17(13,21-18-14)15(19)20-12-8-5-4-6-9-12/h4-6,8-9,13H,7,10-11H2,1-3H3. The zero-order chi connectivity index (χ0) is 15.1. The number of benzene rings is 1. The number of hydrogen-bond donors (Lipinski definition) is 0. The molecule has 2 atom stereocenters. The molecule has 0 radical (unpaired) electrons. The maximum Gasteiger partial charge on any atom is 0.359 e. The van der Waals surface area contributed by atoms with Crippen molar-refractivity contribution in [3.05, 3.63) is 30.3 Å². The number of hydrogen-bond acceptors (Lipinski definition) is 4. The number of oxime groups is 1. The maximum atomic E-state index is 12.7. The molecule has 1 saturated carbocycles. The number of ether oxygens (including phenoxy) is 1. The predicted molar refractivity (Wildman–Crippen MR) is 80.1 cm³/mol. The molecule has 4 heteroatoms. The number of esters is 1. The Bertz CT molecular complexity index is 573. The minimum absolute atomic E-state index is 0.0358. The average Bonchev–Trinajstić information content (AvgIpc) is 2.97. The van der Waals surface area contributed by atoms with Crippen LogP contribution in [-0.4, -0.2) is 17.3 Å². The average molecular weight is 287 g/mol. The Labute approximate surface area is 125 Å². The molecule has 0 aromatic heterocycles. The molecule has 0 spiro atoms. The van der Waals surface area contributed by atoms with Gasteiger partial charge in [0, 0.05) is 11.8 Å². The normalized spacial score (nSPS) is 27.8. The van der Waals surface area contributed by atoms with Crippen LogP contribution in [0.1, 0.15) is 40.0 Å². The van der Waals surface area contributed by atoms with Crippen LogP contribution in [0.25, 0.3) is 0 Å². The van der Waals surface area contributed by atoms with Gasteiger partial charge in [-0.25, -0.2) is 4.79 Å². The van der Waals surface area contributed by atoms with Crippen molar-refractivity contribution in [1.29, 1.82) is 0 Å². The van der Waals surface area contributed by atoms with E-state index in [-0.39, 0.29) is 17.3 Å². The molecule has 1 aromatic rings. The van der Waals surface area contributed by atoms with E-state index in [0.29, 0.717) is 12.2 Å². The second kappa shape index (κ2) is 4.86. The van der Waals surface area contributed by atoms with Crippen LogP contribution in [0.3, 0.4) is 0 Å². The summed E-state index contributed by atoms with van der Waals surface area (Å²) in [6.45, 7) is 6.31. The van der Waals surface area contributed by atoms with E-state index >= 15 is 0 Å². The lowest BCUT2D eigenvalue weighted by atomic mass is 9.76. The lowest BCUT2D eigenvalue weighted by Gasteiger charge is -2.27. The van der Waals surface area contributed by atoms with Crippen molar-refractivity contribution in [2.75, 3.05) is 0 Å². The fraction of sp³-hybridized carbons (Fsp3) is 0.529. The van der Waals surface area contributed by atoms with Gasteiger partial charge in [-0.05, 0) is 25.0 Å². The largest absolute Gasteiger partial charge is 0.423 e. The molecule has 0 saturated heterocycles. The van der Waals surface area contributed by atoms with Crippen molar-refractivity contribution >= 4 is 11.7 Å². The number of para-hydroxylation sites is 1. The molecule has 4 nitrogen and oxygen atoms in total. The Balaban J connectivity index is 1.83. The first-order valence-corrected chi connectivity index (χ1v) is 7.47. The van der Waals surface area contributed by atoms with E-state index < -0.39 is 5.60 Å². The van der Waals surface area contributed by atoms with Crippen molar-refractivity contribution < 1.29 is 14.4 Å². The summed E-state index contributed by atoms with van der Waals surface area (Å²) in [7, 11) is 0. The lowest BCUT2D eigenvalue weighted by Crippen LogP contribution is -2.47. The van der Waals surface area contributed by atoms with E-state index in [9.17, 15) is 4.79 Å². The Morgan fingerprint density at radius 1 is 1.33 bits per heavy atom. The fourth-order valence-electron chi connectivity index (χ4n) is 3.26. The van der Waals surface area contributed by atoms with Crippen LogP contribution < -0.4 is 4.74 Å². The maximum absolute atomic E-state index is 12.7. The molecule has 2 unspecified atom stereocenters. The predicted octanol–water partition coefficient (Wildman–Crippen LogP) is 3.56. The molecule has 21 heavy (non-hydrogen) atoms. The van der Waals surface area contributed by atoms with Crippen molar-refractivity contribution in [3.63, 3.8) is 0 Å². The summed E-state index contributed by atoms with van der Waals surface area (Å²) in [5, 5.41) is 4.24. The number of nitrogens with zero attached hydrogens (tertiary/aromatic N) is 1. The molecular formula is C17H21NO3. The van der Waals surface area contributed by atoms with Crippen molar-refractivity contribution in [2.45, 2.75) is 45.6 Å². The SMILES string of the molecule is CC(C)(C)C1=NOC2(C(=O)Oc3ccccc3)CCCC12. The smallest absolute Gasteiger partial charge is 0.359 e. The molecule has 0 bridgehead atoms. The third kappa shape index (κ3) is 2.33. The zero-order valence-electron chi connectivity index (χ0n) is 12.8. The Morgan fingerprint density at radius 2 is 2.05 bits per heavy atom. The summed E-state index contributed by atoms with van der Waals surface area (Å²) in [4.78, 5) is 18.3. The molecule has 112 valence electrons. The summed E-state index contributed by atoms with van der Waals surface area (Å²) in [5.41, 5.74) is -0.0348. The molecule has 1 aromatic carbocycles. The first-order chi connectivity index (χ1) is 9.93. The van der Waals surface area contributed by atoms with Gasteiger partial charge in [0.15, 0.2) is 0 Å². The highest BCUT2D eigenvalue weighted by Gasteiger charge is 2.60.